The second-order valence-electron chi connectivity index (χ2n) is 11.3. The van der Waals surface area contributed by atoms with Gasteiger partial charge in [-0.1, -0.05) is 45.0 Å². The van der Waals surface area contributed by atoms with Gasteiger partial charge in [-0.05, 0) is 66.7 Å². The maximum atomic E-state index is 10.6. The van der Waals surface area contributed by atoms with Crippen molar-refractivity contribution in [3.8, 4) is 11.5 Å². The van der Waals surface area contributed by atoms with Crippen LogP contribution in [0.1, 0.15) is 49.1 Å². The summed E-state index contributed by atoms with van der Waals surface area (Å²) < 4.78 is 25.1. The Morgan fingerprint density at radius 1 is 1.06 bits per heavy atom. The molecule has 7 heteroatoms. The zero-order valence-corrected chi connectivity index (χ0v) is 24.1. The fraction of sp³-hybridized carbons (Fsp3) is 0.571. The highest BCUT2D eigenvalue weighted by Gasteiger charge is 2.63. The molecule has 192 valence electrons. The van der Waals surface area contributed by atoms with Gasteiger partial charge >= 0.3 is 0 Å². The molecule has 1 unspecified atom stereocenters. The van der Waals surface area contributed by atoms with E-state index in [1.165, 1.54) is 11.1 Å². The molecule has 5 nitrogen and oxygen atoms in total. The topological polar surface area (TPSA) is 57.2 Å². The van der Waals surface area contributed by atoms with E-state index in [2.05, 4.69) is 70.3 Å². The molecule has 2 aliphatic rings. The summed E-state index contributed by atoms with van der Waals surface area (Å²) in [5.74, 6) is 1.55. The number of hydrogen-bond donors (Lipinski definition) is 1. The van der Waals surface area contributed by atoms with Crippen LogP contribution in [0.15, 0.2) is 36.4 Å². The molecule has 1 N–H and O–H groups in total. The lowest BCUT2D eigenvalue weighted by Crippen LogP contribution is -2.44. The Labute approximate surface area is 215 Å². The minimum Gasteiger partial charge on any atom is -0.496 e. The van der Waals surface area contributed by atoms with Gasteiger partial charge in [-0.3, -0.25) is 0 Å². The minimum atomic E-state index is -2.15. The second-order valence-corrected chi connectivity index (χ2v) is 17.5. The molecule has 2 aromatic carbocycles. The van der Waals surface area contributed by atoms with Crippen LogP contribution in [0.4, 0.5) is 0 Å². The molecule has 1 heterocycles. The van der Waals surface area contributed by atoms with E-state index in [1.54, 1.807) is 26.0 Å². The third-order valence-electron chi connectivity index (χ3n) is 7.91. The monoisotopic (exact) mass is 516 g/mol. The zero-order chi connectivity index (χ0) is 25.6. The highest BCUT2D eigenvalue weighted by atomic mass is 32.2. The third kappa shape index (κ3) is 5.16. The molecule has 1 aliphatic carbocycles. The van der Waals surface area contributed by atoms with E-state index in [9.17, 15) is 5.11 Å². The Balaban J connectivity index is 1.66. The van der Waals surface area contributed by atoms with Gasteiger partial charge in [0.2, 0.25) is 0 Å². The maximum absolute atomic E-state index is 10.6. The van der Waals surface area contributed by atoms with E-state index in [0.717, 1.165) is 35.5 Å². The van der Waals surface area contributed by atoms with Gasteiger partial charge in [0, 0.05) is 5.56 Å². The summed E-state index contributed by atoms with van der Waals surface area (Å²) in [4.78, 5) is -0.675. The van der Waals surface area contributed by atoms with Gasteiger partial charge in [0.25, 0.3) is 0 Å². The molecule has 0 saturated carbocycles. The fourth-order valence-electron chi connectivity index (χ4n) is 4.69. The number of fused-ring (bicyclic) bond motifs is 1. The molecule has 0 amide bonds. The van der Waals surface area contributed by atoms with E-state index in [-0.39, 0.29) is 29.1 Å². The van der Waals surface area contributed by atoms with Crippen molar-refractivity contribution in [2.24, 2.45) is 0 Å². The van der Waals surface area contributed by atoms with Gasteiger partial charge in [-0.15, -0.1) is 11.8 Å². The summed E-state index contributed by atoms with van der Waals surface area (Å²) in [6.45, 7) is 13.2. The van der Waals surface area contributed by atoms with Crippen LogP contribution in [0.25, 0.3) is 0 Å². The van der Waals surface area contributed by atoms with Crippen LogP contribution >= 0.6 is 11.8 Å². The van der Waals surface area contributed by atoms with Crippen LogP contribution < -0.4 is 9.47 Å². The highest BCUT2D eigenvalue weighted by molar-refractivity contribution is 8.08. The Morgan fingerprint density at radius 3 is 2.06 bits per heavy atom. The number of hydrogen-bond acceptors (Lipinski definition) is 6. The quantitative estimate of drug-likeness (QED) is 0.323. The van der Waals surface area contributed by atoms with E-state index in [0.29, 0.717) is 0 Å². The normalized spacial score (nSPS) is 23.2. The predicted octanol–water partition coefficient (Wildman–Crippen LogP) is 6.06. The average molecular weight is 517 g/mol. The average Bonchev–Trinajstić information content (AvgIpc) is 3.36. The van der Waals surface area contributed by atoms with Crippen LogP contribution in [-0.2, 0) is 22.0 Å². The third-order valence-corrected chi connectivity index (χ3v) is 13.9. The van der Waals surface area contributed by atoms with Gasteiger partial charge < -0.3 is 23.7 Å². The van der Waals surface area contributed by atoms with Gasteiger partial charge in [-0.25, -0.2) is 0 Å². The number of benzene rings is 2. The van der Waals surface area contributed by atoms with Crippen molar-refractivity contribution < 1.29 is 23.7 Å². The Kier molecular flexibility index (Phi) is 7.39. The number of methoxy groups -OCH3 is 2. The van der Waals surface area contributed by atoms with E-state index in [4.69, 9.17) is 18.6 Å². The summed E-state index contributed by atoms with van der Waals surface area (Å²) in [6, 6.07) is 12.6. The van der Waals surface area contributed by atoms with E-state index >= 15 is 0 Å². The first-order valence-corrected chi connectivity index (χ1v) is 16.2. The van der Waals surface area contributed by atoms with Gasteiger partial charge in [0.15, 0.2) is 13.3 Å². The fourth-order valence-corrected chi connectivity index (χ4v) is 7.26. The van der Waals surface area contributed by atoms with Crippen LogP contribution in [0.2, 0.25) is 18.1 Å². The lowest BCUT2D eigenvalue weighted by atomic mass is 10.0. The number of thioether (sulfide) groups is 1. The first-order chi connectivity index (χ1) is 16.4. The van der Waals surface area contributed by atoms with Crippen LogP contribution in [0.5, 0.6) is 11.5 Å². The van der Waals surface area contributed by atoms with Gasteiger partial charge in [0.1, 0.15) is 11.5 Å². The van der Waals surface area contributed by atoms with Crippen molar-refractivity contribution in [1.82, 2.24) is 0 Å². The molecule has 35 heavy (non-hydrogen) atoms. The van der Waals surface area contributed by atoms with E-state index < -0.39 is 13.3 Å². The molecule has 0 radical (unpaired) electrons. The predicted molar refractivity (Wildman–Crippen MR) is 145 cm³/mol. The molecular weight excluding hydrogens is 476 g/mol. The molecule has 1 saturated heterocycles. The van der Waals surface area contributed by atoms with Crippen LogP contribution in [0, 0.1) is 6.92 Å². The molecule has 0 spiro atoms. The van der Waals surface area contributed by atoms with Crippen molar-refractivity contribution in [2.45, 2.75) is 81.1 Å². The lowest BCUT2D eigenvalue weighted by Gasteiger charge is -2.40. The summed E-state index contributed by atoms with van der Waals surface area (Å²) in [5.41, 5.74) is 4.65. The highest BCUT2D eigenvalue weighted by Crippen LogP contribution is 2.62. The molecule has 3 atom stereocenters. The van der Waals surface area contributed by atoms with Crippen LogP contribution in [-0.4, -0.2) is 50.5 Å². The van der Waals surface area contributed by atoms with Crippen molar-refractivity contribution >= 4 is 20.1 Å². The summed E-state index contributed by atoms with van der Waals surface area (Å²) in [5, 5.41) is 10.6. The SMILES string of the molecule is COc1cc([C@@H](O[Si](C)(C)C(C)(C)C)C2S[C@]2(CO)OC2Cc3ccccc3C2)cc(OC)c1C. The Bertz CT molecular complexity index is 1020. The van der Waals surface area contributed by atoms with Crippen molar-refractivity contribution in [1.29, 1.82) is 0 Å². The Hall–Kier alpha value is -1.51. The minimum absolute atomic E-state index is 0.0255. The smallest absolute Gasteiger partial charge is 0.192 e. The molecule has 4 rings (SSSR count). The Morgan fingerprint density at radius 2 is 1.60 bits per heavy atom. The molecule has 1 aliphatic heterocycles. The van der Waals surface area contributed by atoms with Crippen molar-refractivity contribution in [3.63, 3.8) is 0 Å². The molecule has 1 fully saturated rings. The molecule has 2 aromatic rings. The van der Waals surface area contributed by atoms with Crippen molar-refractivity contribution in [2.75, 3.05) is 20.8 Å². The number of aliphatic hydroxyl groups excluding tert-OH is 1. The van der Waals surface area contributed by atoms with Gasteiger partial charge in [0.05, 0.1) is 38.3 Å². The summed E-state index contributed by atoms with van der Waals surface area (Å²) >= 11 is 1.68. The molecular formula is C28H40O5SSi. The van der Waals surface area contributed by atoms with Gasteiger partial charge in [-0.2, -0.15) is 0 Å². The molecule has 0 bridgehead atoms. The number of aliphatic hydroxyl groups is 1. The maximum Gasteiger partial charge on any atom is 0.192 e. The number of ether oxygens (including phenoxy) is 3. The van der Waals surface area contributed by atoms with Crippen LogP contribution in [0.3, 0.4) is 0 Å². The largest absolute Gasteiger partial charge is 0.496 e. The van der Waals surface area contributed by atoms with E-state index in [1.807, 2.05) is 6.92 Å². The molecule has 0 aromatic heterocycles. The van der Waals surface area contributed by atoms with Crippen molar-refractivity contribution in [3.05, 3.63) is 58.7 Å². The second kappa shape index (κ2) is 9.75. The summed E-state index contributed by atoms with van der Waals surface area (Å²) in [6.07, 6.45) is 1.57. The number of rotatable bonds is 9. The standard InChI is InChI=1S/C28H40O5SSi/c1-18-23(30-5)15-21(16-24(18)31-6)25(33-35(7,8)27(2,3)4)26-28(17-29,34-26)32-22-13-19-11-9-10-12-20(19)14-22/h9-12,15-16,22,25-26,29H,13-14,17H2,1-8H3/t25-,26?,28+/m1/s1. The first kappa shape index (κ1) is 26.5. The lowest BCUT2D eigenvalue weighted by molar-refractivity contribution is -0.0492. The summed E-state index contributed by atoms with van der Waals surface area (Å²) in [7, 11) is 1.22. The zero-order valence-electron chi connectivity index (χ0n) is 22.3. The first-order valence-electron chi connectivity index (χ1n) is 12.4.